The molecule has 0 aliphatic heterocycles. The SMILES string of the molecule is Cc1noc(Cl)c1CCC(=O)Oc1cccc2c1CCCC2=O. The number of fused-ring (bicyclic) bond motifs is 1. The monoisotopic (exact) mass is 333 g/mol. The molecule has 0 radical (unpaired) electrons. The van der Waals surface area contributed by atoms with Gasteiger partial charge in [0, 0.05) is 23.1 Å². The second kappa shape index (κ2) is 6.54. The standard InChI is InChI=1S/C17H16ClNO4/c1-10-11(17(18)23-19-10)8-9-16(21)22-15-7-3-4-12-13(15)5-2-6-14(12)20/h3-4,7H,2,5-6,8-9H2,1H3. The van der Waals surface area contributed by atoms with Crippen molar-refractivity contribution in [2.24, 2.45) is 0 Å². The van der Waals surface area contributed by atoms with E-state index in [-0.39, 0.29) is 23.4 Å². The number of carbonyl (C=O) groups excluding carboxylic acids is 2. The quantitative estimate of drug-likeness (QED) is 0.630. The average molecular weight is 334 g/mol. The number of ketones is 1. The Morgan fingerprint density at radius 2 is 2.22 bits per heavy atom. The number of carbonyl (C=O) groups is 2. The molecular weight excluding hydrogens is 318 g/mol. The predicted octanol–water partition coefficient (Wildman–Crippen LogP) is 3.69. The second-order valence-electron chi connectivity index (χ2n) is 5.55. The Balaban J connectivity index is 1.69. The van der Waals surface area contributed by atoms with Crippen LogP contribution >= 0.6 is 11.6 Å². The number of hydrogen-bond donors (Lipinski definition) is 0. The fraction of sp³-hybridized carbons (Fsp3) is 0.353. The number of Topliss-reactive ketones (excluding diaryl/α,β-unsaturated/α-hetero) is 1. The largest absolute Gasteiger partial charge is 0.426 e. The number of nitrogens with zero attached hydrogens (tertiary/aromatic N) is 1. The summed E-state index contributed by atoms with van der Waals surface area (Å²) >= 11 is 5.88. The fourth-order valence-electron chi connectivity index (χ4n) is 2.78. The molecule has 0 N–H and O–H groups in total. The molecule has 0 unspecified atom stereocenters. The van der Waals surface area contributed by atoms with Crippen molar-refractivity contribution in [3.05, 3.63) is 45.8 Å². The molecule has 0 saturated heterocycles. The topological polar surface area (TPSA) is 69.4 Å². The zero-order valence-corrected chi connectivity index (χ0v) is 13.5. The van der Waals surface area contributed by atoms with E-state index in [1.165, 1.54) is 0 Å². The van der Waals surface area contributed by atoms with Gasteiger partial charge in [-0.1, -0.05) is 17.3 Å². The van der Waals surface area contributed by atoms with Crippen molar-refractivity contribution in [3.8, 4) is 5.75 Å². The van der Waals surface area contributed by atoms with Gasteiger partial charge in [0.05, 0.1) is 12.1 Å². The Hall–Kier alpha value is -2.14. The molecule has 1 heterocycles. The Bertz CT molecular complexity index is 746. The minimum atomic E-state index is -0.368. The highest BCUT2D eigenvalue weighted by atomic mass is 35.5. The summed E-state index contributed by atoms with van der Waals surface area (Å²) in [5.41, 5.74) is 2.88. The van der Waals surface area contributed by atoms with E-state index < -0.39 is 0 Å². The van der Waals surface area contributed by atoms with Crippen molar-refractivity contribution >= 4 is 23.4 Å². The summed E-state index contributed by atoms with van der Waals surface area (Å²) < 4.78 is 10.3. The molecule has 120 valence electrons. The van der Waals surface area contributed by atoms with Gasteiger partial charge in [0.1, 0.15) is 5.75 Å². The number of benzene rings is 1. The Morgan fingerprint density at radius 3 is 2.96 bits per heavy atom. The van der Waals surface area contributed by atoms with E-state index in [2.05, 4.69) is 5.16 Å². The lowest BCUT2D eigenvalue weighted by atomic mass is 9.90. The maximum absolute atomic E-state index is 12.1. The van der Waals surface area contributed by atoms with Crippen LogP contribution in [0.2, 0.25) is 5.22 Å². The van der Waals surface area contributed by atoms with Crippen LogP contribution in [-0.2, 0) is 17.6 Å². The van der Waals surface area contributed by atoms with Crippen molar-refractivity contribution in [1.29, 1.82) is 0 Å². The number of esters is 1. The number of rotatable bonds is 4. The molecule has 6 heteroatoms. The predicted molar refractivity (Wildman–Crippen MR) is 83.9 cm³/mol. The van der Waals surface area contributed by atoms with Gasteiger partial charge in [-0.05, 0) is 43.9 Å². The van der Waals surface area contributed by atoms with Gasteiger partial charge < -0.3 is 9.26 Å². The van der Waals surface area contributed by atoms with Gasteiger partial charge >= 0.3 is 5.97 Å². The third kappa shape index (κ3) is 3.29. The van der Waals surface area contributed by atoms with Gasteiger partial charge in [0.2, 0.25) is 5.22 Å². The molecule has 0 saturated carbocycles. The summed E-state index contributed by atoms with van der Waals surface area (Å²) in [4.78, 5) is 24.0. The van der Waals surface area contributed by atoms with Crippen LogP contribution < -0.4 is 4.74 Å². The first-order chi connectivity index (χ1) is 11.1. The molecule has 0 spiro atoms. The highest BCUT2D eigenvalue weighted by molar-refractivity contribution is 6.29. The van der Waals surface area contributed by atoms with E-state index in [0.717, 1.165) is 18.4 Å². The van der Waals surface area contributed by atoms with Gasteiger partial charge in [-0.3, -0.25) is 9.59 Å². The third-order valence-corrected chi connectivity index (χ3v) is 4.30. The zero-order valence-electron chi connectivity index (χ0n) is 12.7. The summed E-state index contributed by atoms with van der Waals surface area (Å²) in [6.07, 6.45) is 2.66. The fourth-order valence-corrected chi connectivity index (χ4v) is 3.05. The molecule has 0 bridgehead atoms. The molecule has 1 aromatic carbocycles. The van der Waals surface area contributed by atoms with Crippen molar-refractivity contribution in [2.75, 3.05) is 0 Å². The Kier molecular flexibility index (Phi) is 4.48. The van der Waals surface area contributed by atoms with Gasteiger partial charge in [-0.15, -0.1) is 0 Å². The minimum absolute atomic E-state index is 0.107. The number of aryl methyl sites for hydroxylation is 1. The molecule has 5 nitrogen and oxygen atoms in total. The number of hydrogen-bond acceptors (Lipinski definition) is 5. The van der Waals surface area contributed by atoms with Crippen molar-refractivity contribution in [3.63, 3.8) is 0 Å². The van der Waals surface area contributed by atoms with E-state index in [1.54, 1.807) is 25.1 Å². The van der Waals surface area contributed by atoms with Crippen LogP contribution in [0.5, 0.6) is 5.75 Å². The lowest BCUT2D eigenvalue weighted by Crippen LogP contribution is -2.15. The van der Waals surface area contributed by atoms with Crippen LogP contribution in [0.4, 0.5) is 0 Å². The summed E-state index contributed by atoms with van der Waals surface area (Å²) in [5.74, 6) is 0.220. The Morgan fingerprint density at radius 1 is 1.39 bits per heavy atom. The highest BCUT2D eigenvalue weighted by Crippen LogP contribution is 2.30. The molecule has 2 aromatic rings. The average Bonchev–Trinajstić information content (AvgIpc) is 2.85. The van der Waals surface area contributed by atoms with Crippen molar-refractivity contribution in [1.82, 2.24) is 5.16 Å². The maximum atomic E-state index is 12.1. The van der Waals surface area contributed by atoms with Crippen LogP contribution in [0, 0.1) is 6.92 Å². The van der Waals surface area contributed by atoms with Gasteiger partial charge in [-0.2, -0.15) is 0 Å². The molecular formula is C17H16ClNO4. The third-order valence-electron chi connectivity index (χ3n) is 4.00. The summed E-state index contributed by atoms with van der Waals surface area (Å²) in [5, 5.41) is 3.95. The van der Waals surface area contributed by atoms with E-state index in [1.807, 2.05) is 0 Å². The van der Waals surface area contributed by atoms with Crippen LogP contribution in [0.25, 0.3) is 0 Å². The van der Waals surface area contributed by atoms with Crippen molar-refractivity contribution in [2.45, 2.75) is 39.0 Å². The lowest BCUT2D eigenvalue weighted by Gasteiger charge is -2.17. The van der Waals surface area contributed by atoms with E-state index in [9.17, 15) is 9.59 Å². The summed E-state index contributed by atoms with van der Waals surface area (Å²) in [6, 6.07) is 5.26. The molecule has 1 aromatic heterocycles. The number of halogens is 1. The zero-order chi connectivity index (χ0) is 16.4. The second-order valence-corrected chi connectivity index (χ2v) is 5.90. The summed E-state index contributed by atoms with van der Waals surface area (Å²) in [6.45, 7) is 1.77. The lowest BCUT2D eigenvalue weighted by molar-refractivity contribution is -0.134. The normalized spacial score (nSPS) is 13.7. The van der Waals surface area contributed by atoms with Crippen LogP contribution in [0.15, 0.2) is 22.7 Å². The van der Waals surface area contributed by atoms with E-state index in [0.29, 0.717) is 35.4 Å². The molecule has 0 amide bonds. The van der Waals surface area contributed by atoms with E-state index >= 15 is 0 Å². The van der Waals surface area contributed by atoms with Crippen LogP contribution in [0.3, 0.4) is 0 Å². The Labute approximate surface area is 138 Å². The first kappa shape index (κ1) is 15.7. The van der Waals surface area contributed by atoms with Crippen LogP contribution in [-0.4, -0.2) is 16.9 Å². The highest BCUT2D eigenvalue weighted by Gasteiger charge is 2.21. The molecule has 1 aliphatic rings. The first-order valence-corrected chi connectivity index (χ1v) is 7.90. The first-order valence-electron chi connectivity index (χ1n) is 7.52. The molecule has 3 rings (SSSR count). The van der Waals surface area contributed by atoms with Crippen LogP contribution in [0.1, 0.15) is 46.4 Å². The van der Waals surface area contributed by atoms with Gasteiger partial charge in [0.15, 0.2) is 5.78 Å². The van der Waals surface area contributed by atoms with Gasteiger partial charge in [0.25, 0.3) is 0 Å². The van der Waals surface area contributed by atoms with Crippen molar-refractivity contribution < 1.29 is 18.8 Å². The number of aromatic nitrogens is 1. The molecule has 0 atom stereocenters. The molecule has 0 fully saturated rings. The van der Waals surface area contributed by atoms with E-state index in [4.69, 9.17) is 20.9 Å². The molecule has 1 aliphatic carbocycles. The smallest absolute Gasteiger partial charge is 0.311 e. The maximum Gasteiger partial charge on any atom is 0.311 e. The molecule has 23 heavy (non-hydrogen) atoms. The minimum Gasteiger partial charge on any atom is -0.426 e. The summed E-state index contributed by atoms with van der Waals surface area (Å²) in [7, 11) is 0. The van der Waals surface area contributed by atoms with Gasteiger partial charge in [-0.25, -0.2) is 0 Å². The number of ether oxygens (including phenoxy) is 1.